The minimum Gasteiger partial charge on any atom is -0.475 e. The molecule has 0 atom stereocenters. The second kappa shape index (κ2) is 3.93. The number of carboxylic acid groups (broad SMARTS) is 1. The Labute approximate surface area is 89.6 Å². The van der Waals surface area contributed by atoms with Gasteiger partial charge in [-0.15, -0.1) is 10.2 Å². The Morgan fingerprint density at radius 2 is 1.88 bits per heavy atom. The van der Waals surface area contributed by atoms with Crippen LogP contribution in [0.2, 0.25) is 0 Å². The molecule has 1 aromatic heterocycles. The number of nitrogens with zero attached hydrogens (tertiary/aromatic N) is 2. The van der Waals surface area contributed by atoms with E-state index in [1.807, 2.05) is 0 Å². The van der Waals surface area contributed by atoms with Gasteiger partial charge in [0.1, 0.15) is 0 Å². The smallest absolute Gasteiger partial charge is 0.373 e. The maximum atomic E-state index is 11.5. The van der Waals surface area contributed by atoms with Crippen molar-refractivity contribution in [2.24, 2.45) is 0 Å². The summed E-state index contributed by atoms with van der Waals surface area (Å²) in [6.07, 6.45) is 0. The highest BCUT2D eigenvalue weighted by Gasteiger charge is 2.10. The van der Waals surface area contributed by atoms with Gasteiger partial charge in [0.25, 0.3) is 5.56 Å². The summed E-state index contributed by atoms with van der Waals surface area (Å²) in [7, 11) is 0. The van der Waals surface area contributed by atoms with Crippen molar-refractivity contribution in [2.75, 3.05) is 0 Å². The summed E-state index contributed by atoms with van der Waals surface area (Å²) >= 11 is 0. The van der Waals surface area contributed by atoms with Crippen LogP contribution in [0.5, 0.6) is 0 Å². The molecule has 0 unspecified atom stereocenters. The van der Waals surface area contributed by atoms with E-state index in [-0.39, 0.29) is 5.69 Å². The number of aromatic amines is 1. The number of aromatic carboxylic acids is 1. The fourth-order valence-corrected chi connectivity index (χ4v) is 1.22. The van der Waals surface area contributed by atoms with Crippen LogP contribution in [-0.4, -0.2) is 26.3 Å². The Bertz CT molecular complexity index is 577. The van der Waals surface area contributed by atoms with Crippen molar-refractivity contribution < 1.29 is 9.90 Å². The molecule has 0 saturated heterocycles. The summed E-state index contributed by atoms with van der Waals surface area (Å²) in [4.78, 5) is 24.2. The predicted octanol–water partition coefficient (Wildman–Crippen LogP) is 0.530. The van der Waals surface area contributed by atoms with Crippen LogP contribution < -0.4 is 5.56 Å². The van der Waals surface area contributed by atoms with E-state index in [4.69, 9.17) is 5.11 Å². The van der Waals surface area contributed by atoms with Crippen LogP contribution in [-0.2, 0) is 0 Å². The quantitative estimate of drug-likeness (QED) is 0.764. The van der Waals surface area contributed by atoms with Gasteiger partial charge in [-0.2, -0.15) is 0 Å². The number of carboxylic acids is 1. The third kappa shape index (κ3) is 1.81. The third-order valence-corrected chi connectivity index (χ3v) is 1.95. The number of H-pyrrole nitrogens is 1. The third-order valence-electron chi connectivity index (χ3n) is 1.95. The molecular formula is C10H7N3O3. The van der Waals surface area contributed by atoms with Crippen LogP contribution in [0.4, 0.5) is 0 Å². The van der Waals surface area contributed by atoms with Crippen molar-refractivity contribution >= 4 is 5.97 Å². The zero-order chi connectivity index (χ0) is 11.5. The zero-order valence-corrected chi connectivity index (χ0v) is 8.04. The van der Waals surface area contributed by atoms with Crippen LogP contribution in [0.15, 0.2) is 35.1 Å². The van der Waals surface area contributed by atoms with Gasteiger partial charge in [-0.25, -0.2) is 4.79 Å². The number of nitrogens with one attached hydrogen (secondary N) is 1. The number of rotatable bonds is 2. The first-order chi connectivity index (χ1) is 7.68. The molecule has 1 aromatic carbocycles. The van der Waals surface area contributed by atoms with E-state index in [0.717, 1.165) is 0 Å². The maximum absolute atomic E-state index is 11.5. The Hall–Kier alpha value is -2.50. The van der Waals surface area contributed by atoms with Crippen molar-refractivity contribution in [3.8, 4) is 11.3 Å². The summed E-state index contributed by atoms with van der Waals surface area (Å²) in [6.45, 7) is 0. The van der Waals surface area contributed by atoms with Gasteiger partial charge in [0.15, 0.2) is 5.69 Å². The standard InChI is InChI=1S/C10H7N3O3/c14-9-7(6-4-2-1-3-5-6)12-13-8(11-9)10(15)16/h1-5H,(H,15,16)(H,11,13,14). The van der Waals surface area contributed by atoms with Crippen LogP contribution in [0, 0.1) is 0 Å². The molecule has 0 amide bonds. The fraction of sp³-hybridized carbons (Fsp3) is 0. The Balaban J connectivity index is 2.53. The topological polar surface area (TPSA) is 95.9 Å². The van der Waals surface area contributed by atoms with E-state index in [1.54, 1.807) is 30.3 Å². The zero-order valence-electron chi connectivity index (χ0n) is 8.04. The largest absolute Gasteiger partial charge is 0.475 e. The normalized spacial score (nSPS) is 10.0. The SMILES string of the molecule is O=C(O)c1nnc(-c2ccccc2)c(=O)[nH]1. The van der Waals surface area contributed by atoms with Crippen LogP contribution in [0.25, 0.3) is 11.3 Å². The van der Waals surface area contributed by atoms with Gasteiger partial charge in [-0.05, 0) is 0 Å². The molecule has 0 bridgehead atoms. The molecule has 2 rings (SSSR count). The average molecular weight is 217 g/mol. The number of aromatic nitrogens is 3. The highest BCUT2D eigenvalue weighted by molar-refractivity contribution is 5.82. The van der Waals surface area contributed by atoms with Crippen molar-refractivity contribution in [3.05, 3.63) is 46.5 Å². The van der Waals surface area contributed by atoms with Crippen LogP contribution in [0.3, 0.4) is 0 Å². The molecule has 2 aromatic rings. The van der Waals surface area contributed by atoms with Crippen LogP contribution >= 0.6 is 0 Å². The molecular weight excluding hydrogens is 210 g/mol. The second-order valence-corrected chi connectivity index (χ2v) is 3.02. The molecule has 0 fully saturated rings. The van der Waals surface area contributed by atoms with E-state index in [1.165, 1.54) is 0 Å². The fourth-order valence-electron chi connectivity index (χ4n) is 1.22. The highest BCUT2D eigenvalue weighted by atomic mass is 16.4. The van der Waals surface area contributed by atoms with Gasteiger partial charge in [0.2, 0.25) is 5.82 Å². The average Bonchev–Trinajstić information content (AvgIpc) is 2.30. The van der Waals surface area contributed by atoms with Crippen molar-refractivity contribution in [2.45, 2.75) is 0 Å². The molecule has 1 heterocycles. The number of benzene rings is 1. The Morgan fingerprint density at radius 1 is 1.19 bits per heavy atom. The van der Waals surface area contributed by atoms with Gasteiger partial charge < -0.3 is 5.11 Å². The van der Waals surface area contributed by atoms with Gasteiger partial charge in [-0.3, -0.25) is 9.78 Å². The van der Waals surface area contributed by atoms with Crippen molar-refractivity contribution in [3.63, 3.8) is 0 Å². The Morgan fingerprint density at radius 3 is 2.44 bits per heavy atom. The van der Waals surface area contributed by atoms with Crippen LogP contribution in [0.1, 0.15) is 10.6 Å². The van der Waals surface area contributed by atoms with E-state index < -0.39 is 17.4 Å². The van der Waals surface area contributed by atoms with Gasteiger partial charge in [-0.1, -0.05) is 30.3 Å². The number of hydrogen-bond acceptors (Lipinski definition) is 4. The molecule has 2 N–H and O–H groups in total. The summed E-state index contributed by atoms with van der Waals surface area (Å²) in [5, 5.41) is 15.6. The molecule has 6 heteroatoms. The molecule has 0 aliphatic rings. The molecule has 80 valence electrons. The first-order valence-corrected chi connectivity index (χ1v) is 4.44. The lowest BCUT2D eigenvalue weighted by atomic mass is 10.2. The molecule has 16 heavy (non-hydrogen) atoms. The van der Waals surface area contributed by atoms with Crippen molar-refractivity contribution in [1.29, 1.82) is 0 Å². The minimum absolute atomic E-state index is 0.102. The summed E-state index contributed by atoms with van der Waals surface area (Å²) in [5.74, 6) is -1.78. The number of carbonyl (C=O) groups is 1. The molecule has 0 saturated carbocycles. The molecule has 6 nitrogen and oxygen atoms in total. The summed E-state index contributed by atoms with van der Waals surface area (Å²) in [6, 6.07) is 8.69. The predicted molar refractivity (Wildman–Crippen MR) is 55.0 cm³/mol. The summed E-state index contributed by atoms with van der Waals surface area (Å²) < 4.78 is 0. The highest BCUT2D eigenvalue weighted by Crippen LogP contribution is 2.09. The first-order valence-electron chi connectivity index (χ1n) is 4.44. The van der Waals surface area contributed by atoms with E-state index in [2.05, 4.69) is 15.2 Å². The molecule has 0 spiro atoms. The van der Waals surface area contributed by atoms with E-state index in [0.29, 0.717) is 5.56 Å². The lowest BCUT2D eigenvalue weighted by Gasteiger charge is -1.98. The van der Waals surface area contributed by atoms with E-state index >= 15 is 0 Å². The van der Waals surface area contributed by atoms with Gasteiger partial charge in [0.05, 0.1) is 0 Å². The van der Waals surface area contributed by atoms with Gasteiger partial charge >= 0.3 is 5.97 Å². The molecule has 0 radical (unpaired) electrons. The molecule has 0 aliphatic heterocycles. The lowest BCUT2D eigenvalue weighted by molar-refractivity contribution is 0.0681. The van der Waals surface area contributed by atoms with Gasteiger partial charge in [0, 0.05) is 5.56 Å². The first kappa shape index (κ1) is 10.0. The van der Waals surface area contributed by atoms with E-state index in [9.17, 15) is 9.59 Å². The number of hydrogen-bond donors (Lipinski definition) is 2. The Kier molecular flexibility index (Phi) is 2.47. The summed E-state index contributed by atoms with van der Waals surface area (Å²) in [5.41, 5.74) is 0.123. The minimum atomic E-state index is -1.32. The maximum Gasteiger partial charge on any atom is 0.373 e. The molecule has 0 aliphatic carbocycles. The lowest BCUT2D eigenvalue weighted by Crippen LogP contribution is -2.19. The van der Waals surface area contributed by atoms with Crippen molar-refractivity contribution in [1.82, 2.24) is 15.2 Å². The second-order valence-electron chi connectivity index (χ2n) is 3.02. The monoisotopic (exact) mass is 217 g/mol.